The van der Waals surface area contributed by atoms with Gasteiger partial charge in [-0.15, -0.1) is 13.2 Å². The molecule has 148 valence electrons. The second kappa shape index (κ2) is 7.45. The summed E-state index contributed by atoms with van der Waals surface area (Å²) in [7, 11) is 0. The van der Waals surface area contributed by atoms with Crippen molar-refractivity contribution in [3.63, 3.8) is 0 Å². The normalized spacial score (nSPS) is 12.3. The number of nitrogens with two attached hydrogens (primary N) is 1. The fourth-order valence-corrected chi connectivity index (χ4v) is 2.17. The molecular weight excluding hydrogens is 385 g/mol. The van der Waals surface area contributed by atoms with Crippen LogP contribution in [-0.2, 0) is 6.42 Å². The van der Waals surface area contributed by atoms with Crippen LogP contribution in [0.1, 0.15) is 12.2 Å². The molecular formula is C15H13F7N4O. The van der Waals surface area contributed by atoms with E-state index in [1.54, 1.807) is 0 Å². The lowest BCUT2D eigenvalue weighted by Gasteiger charge is -2.11. The van der Waals surface area contributed by atoms with Crippen LogP contribution in [0, 0.1) is 0 Å². The number of aromatic nitrogens is 3. The van der Waals surface area contributed by atoms with Crippen LogP contribution in [0.4, 0.5) is 36.6 Å². The zero-order chi connectivity index (χ0) is 20.4. The lowest BCUT2D eigenvalue weighted by Crippen LogP contribution is -2.18. The molecule has 0 bridgehead atoms. The van der Waals surface area contributed by atoms with Crippen LogP contribution in [0.5, 0.6) is 5.75 Å². The van der Waals surface area contributed by atoms with Crippen LogP contribution < -0.4 is 10.5 Å². The number of hydrogen-bond donors (Lipinski definition) is 1. The predicted octanol–water partition coefficient (Wildman–Crippen LogP) is 4.36. The van der Waals surface area contributed by atoms with Crippen LogP contribution in [0.2, 0.25) is 0 Å². The summed E-state index contributed by atoms with van der Waals surface area (Å²) in [5.74, 6) is -1.88. The molecule has 5 nitrogen and oxygen atoms in total. The summed E-state index contributed by atoms with van der Waals surface area (Å²) in [4.78, 5) is 7.31. The molecule has 2 aromatic heterocycles. The third-order valence-corrected chi connectivity index (χ3v) is 3.26. The zero-order valence-corrected chi connectivity index (χ0v) is 13.5. The van der Waals surface area contributed by atoms with Gasteiger partial charge in [-0.2, -0.15) is 13.2 Å². The number of imidazole rings is 1. The Bertz CT molecular complexity index is 827. The summed E-state index contributed by atoms with van der Waals surface area (Å²) in [6, 6.07) is 0.845. The first-order valence-electron chi connectivity index (χ1n) is 7.30. The second-order valence-electron chi connectivity index (χ2n) is 5.36. The number of halogens is 7. The molecule has 0 aliphatic heterocycles. The molecule has 2 rings (SSSR count). The predicted molar refractivity (Wildman–Crippen MR) is 82.2 cm³/mol. The summed E-state index contributed by atoms with van der Waals surface area (Å²) in [5.41, 5.74) is 5.12. The molecule has 0 atom stereocenters. The summed E-state index contributed by atoms with van der Waals surface area (Å²) in [6.07, 6.45) is -9.20. The van der Waals surface area contributed by atoms with Gasteiger partial charge in [-0.05, 0) is 6.07 Å². The molecule has 2 aromatic rings. The SMILES string of the molecule is C=C(CCF)n1cc(-c2cnc(N)c(OC(F)(F)F)c2)nc1CC(F)(F)F. The highest BCUT2D eigenvalue weighted by molar-refractivity contribution is 5.65. The number of nitrogen functional groups attached to an aromatic ring is 1. The van der Waals surface area contributed by atoms with Gasteiger partial charge >= 0.3 is 12.5 Å². The van der Waals surface area contributed by atoms with E-state index in [0.29, 0.717) is 0 Å². The maximum absolute atomic E-state index is 12.8. The Morgan fingerprint density at radius 3 is 2.44 bits per heavy atom. The smallest absolute Gasteiger partial charge is 0.402 e. The first-order valence-corrected chi connectivity index (χ1v) is 7.30. The first kappa shape index (κ1) is 20.5. The molecule has 0 fully saturated rings. The van der Waals surface area contributed by atoms with Crippen LogP contribution in [0.3, 0.4) is 0 Å². The van der Waals surface area contributed by atoms with E-state index in [9.17, 15) is 30.7 Å². The summed E-state index contributed by atoms with van der Waals surface area (Å²) in [5, 5.41) is 0. The topological polar surface area (TPSA) is 66.0 Å². The van der Waals surface area contributed by atoms with Crippen molar-refractivity contribution in [1.82, 2.24) is 14.5 Å². The Labute approximate surface area is 148 Å². The fourth-order valence-electron chi connectivity index (χ4n) is 2.17. The summed E-state index contributed by atoms with van der Waals surface area (Å²) in [6.45, 7) is 2.64. The van der Waals surface area contributed by atoms with Crippen molar-refractivity contribution in [2.24, 2.45) is 0 Å². The minimum atomic E-state index is -5.04. The highest BCUT2D eigenvalue weighted by atomic mass is 19.4. The molecule has 0 saturated carbocycles. The monoisotopic (exact) mass is 398 g/mol. The van der Waals surface area contributed by atoms with Gasteiger partial charge in [0.15, 0.2) is 11.6 Å². The minimum Gasteiger partial charge on any atom is -0.402 e. The van der Waals surface area contributed by atoms with Crippen molar-refractivity contribution in [2.45, 2.75) is 25.4 Å². The van der Waals surface area contributed by atoms with Gasteiger partial charge in [0, 0.05) is 30.1 Å². The molecule has 2 N–H and O–H groups in total. The van der Waals surface area contributed by atoms with Crippen molar-refractivity contribution in [3.8, 4) is 17.0 Å². The largest absolute Gasteiger partial charge is 0.573 e. The molecule has 12 heteroatoms. The Hall–Kier alpha value is -2.79. The summed E-state index contributed by atoms with van der Waals surface area (Å²) >= 11 is 0. The van der Waals surface area contributed by atoms with Crippen LogP contribution in [0.15, 0.2) is 25.0 Å². The maximum atomic E-state index is 12.8. The van der Waals surface area contributed by atoms with Gasteiger partial charge in [-0.3, -0.25) is 4.39 Å². The second-order valence-corrected chi connectivity index (χ2v) is 5.36. The Morgan fingerprint density at radius 1 is 1.22 bits per heavy atom. The summed E-state index contributed by atoms with van der Waals surface area (Å²) < 4.78 is 92.7. The number of allylic oxidation sites excluding steroid dienone is 1. The van der Waals surface area contributed by atoms with E-state index in [2.05, 4.69) is 21.3 Å². The standard InChI is InChI=1S/C15H13F7N4O/c1-8(2-3-16)26-7-10(25-12(26)5-14(17,18)19)9-4-11(13(23)24-6-9)27-15(20,21)22/h4,6-7H,1-3,5H2,(H2,23,24). The van der Waals surface area contributed by atoms with Gasteiger partial charge in [-0.25, -0.2) is 9.97 Å². The van der Waals surface area contributed by atoms with Crippen molar-refractivity contribution in [2.75, 3.05) is 12.4 Å². The molecule has 0 spiro atoms. The van der Waals surface area contributed by atoms with Gasteiger partial charge in [0.2, 0.25) is 0 Å². The zero-order valence-electron chi connectivity index (χ0n) is 13.5. The van der Waals surface area contributed by atoms with Crippen LogP contribution in [0.25, 0.3) is 17.0 Å². The van der Waals surface area contributed by atoms with Crippen molar-refractivity contribution >= 4 is 11.5 Å². The maximum Gasteiger partial charge on any atom is 0.573 e. The molecule has 0 unspecified atom stereocenters. The van der Waals surface area contributed by atoms with E-state index in [4.69, 9.17) is 5.73 Å². The highest BCUT2D eigenvalue weighted by Gasteiger charge is 2.33. The lowest BCUT2D eigenvalue weighted by atomic mass is 10.2. The van der Waals surface area contributed by atoms with Crippen molar-refractivity contribution < 1.29 is 35.5 Å². The molecule has 0 aliphatic rings. The fraction of sp³-hybridized carbons (Fsp3) is 0.333. The minimum absolute atomic E-state index is 0.00525. The molecule has 2 heterocycles. The molecule has 0 aliphatic carbocycles. The molecule has 0 amide bonds. The average Bonchev–Trinajstić information content (AvgIpc) is 2.90. The van der Waals surface area contributed by atoms with E-state index in [1.165, 1.54) is 0 Å². The highest BCUT2D eigenvalue weighted by Crippen LogP contribution is 2.32. The van der Waals surface area contributed by atoms with Gasteiger partial charge < -0.3 is 15.0 Å². The molecule has 0 radical (unpaired) electrons. The van der Waals surface area contributed by atoms with E-state index in [1.807, 2.05) is 0 Å². The van der Waals surface area contributed by atoms with Crippen molar-refractivity contribution in [1.29, 1.82) is 0 Å². The molecule has 0 aromatic carbocycles. The number of anilines is 1. The van der Waals surface area contributed by atoms with Gasteiger partial charge in [-0.1, -0.05) is 6.58 Å². The molecule has 0 saturated heterocycles. The number of alkyl halides is 7. The van der Waals surface area contributed by atoms with E-state index in [-0.39, 0.29) is 23.4 Å². The van der Waals surface area contributed by atoms with Gasteiger partial charge in [0.25, 0.3) is 0 Å². The Balaban J connectivity index is 2.48. The Kier molecular flexibility index (Phi) is 5.66. The Morgan fingerprint density at radius 2 is 1.89 bits per heavy atom. The number of nitrogens with zero attached hydrogens (tertiary/aromatic N) is 3. The third kappa shape index (κ3) is 5.59. The lowest BCUT2D eigenvalue weighted by molar-refractivity contribution is -0.274. The van der Waals surface area contributed by atoms with Gasteiger partial charge in [0.1, 0.15) is 12.2 Å². The number of pyridine rings is 1. The molecule has 27 heavy (non-hydrogen) atoms. The average molecular weight is 398 g/mol. The third-order valence-electron chi connectivity index (χ3n) is 3.26. The van der Waals surface area contributed by atoms with Gasteiger partial charge in [0.05, 0.1) is 12.4 Å². The van der Waals surface area contributed by atoms with E-state index >= 15 is 0 Å². The number of ether oxygens (including phenoxy) is 1. The van der Waals surface area contributed by atoms with Crippen molar-refractivity contribution in [3.05, 3.63) is 30.9 Å². The van der Waals surface area contributed by atoms with Crippen LogP contribution >= 0.6 is 0 Å². The number of hydrogen-bond acceptors (Lipinski definition) is 4. The number of rotatable bonds is 6. The van der Waals surface area contributed by atoms with E-state index < -0.39 is 43.0 Å². The van der Waals surface area contributed by atoms with E-state index in [0.717, 1.165) is 23.0 Å². The van der Waals surface area contributed by atoms with Crippen LogP contribution in [-0.4, -0.2) is 33.7 Å². The quantitative estimate of drug-likeness (QED) is 0.735. The first-order chi connectivity index (χ1) is 12.4.